The Morgan fingerprint density at radius 1 is 1.25 bits per heavy atom. The smallest absolute Gasteiger partial charge is 0.240 e. The van der Waals surface area contributed by atoms with Gasteiger partial charge in [-0.2, -0.15) is 5.10 Å². The normalized spacial score (nSPS) is 19.6. The first-order chi connectivity index (χ1) is 9.74. The molecule has 0 unspecified atom stereocenters. The van der Waals surface area contributed by atoms with Crippen LogP contribution in [0.3, 0.4) is 0 Å². The molecule has 3 rings (SSSR count). The number of hydrazone groups is 1. The van der Waals surface area contributed by atoms with Gasteiger partial charge in [-0.15, -0.1) is 0 Å². The summed E-state index contributed by atoms with van der Waals surface area (Å²) in [6.07, 6.45) is 1.23. The lowest BCUT2D eigenvalue weighted by molar-refractivity contribution is -0.121. The summed E-state index contributed by atoms with van der Waals surface area (Å²) in [5, 5.41) is 4.15. The summed E-state index contributed by atoms with van der Waals surface area (Å²) in [5.74, 6) is -0.00425. The third-order valence-corrected chi connectivity index (χ3v) is 3.79. The van der Waals surface area contributed by atoms with Crippen LogP contribution in [0.4, 0.5) is 5.69 Å². The van der Waals surface area contributed by atoms with Crippen LogP contribution < -0.4 is 10.3 Å². The number of amides is 1. The van der Waals surface area contributed by atoms with Crippen molar-refractivity contribution in [3.63, 3.8) is 0 Å². The zero-order valence-corrected chi connectivity index (χ0v) is 11.7. The number of rotatable bonds is 2. The third kappa shape index (κ3) is 2.67. The highest BCUT2D eigenvalue weighted by Gasteiger charge is 2.16. The van der Waals surface area contributed by atoms with Crippen LogP contribution in [-0.4, -0.2) is 37.9 Å². The first kappa shape index (κ1) is 13.1. The Bertz CT molecular complexity index is 548. The number of hydrogen-bond donors (Lipinski definition) is 1. The van der Waals surface area contributed by atoms with E-state index in [0.717, 1.165) is 37.6 Å². The zero-order valence-electron chi connectivity index (χ0n) is 11.7. The minimum Gasteiger partial charge on any atom is -0.378 e. The van der Waals surface area contributed by atoms with Crippen molar-refractivity contribution in [1.29, 1.82) is 0 Å². The van der Waals surface area contributed by atoms with Gasteiger partial charge in [0.2, 0.25) is 5.91 Å². The van der Waals surface area contributed by atoms with Crippen LogP contribution in [0.25, 0.3) is 0 Å². The highest BCUT2D eigenvalue weighted by atomic mass is 16.5. The van der Waals surface area contributed by atoms with Gasteiger partial charge in [0, 0.05) is 31.6 Å². The molecule has 1 N–H and O–H groups in total. The van der Waals surface area contributed by atoms with Gasteiger partial charge in [0.1, 0.15) is 0 Å². The molecule has 5 heteroatoms. The summed E-state index contributed by atoms with van der Waals surface area (Å²) in [4.78, 5) is 13.5. The number of anilines is 1. The van der Waals surface area contributed by atoms with E-state index in [1.807, 2.05) is 0 Å². The van der Waals surface area contributed by atoms with E-state index in [2.05, 4.69) is 40.5 Å². The summed E-state index contributed by atoms with van der Waals surface area (Å²) < 4.78 is 5.39. The predicted octanol–water partition coefficient (Wildman–Crippen LogP) is 1.45. The molecule has 1 amide bonds. The van der Waals surface area contributed by atoms with E-state index >= 15 is 0 Å². The molecule has 0 aromatic heterocycles. The summed E-state index contributed by atoms with van der Waals surface area (Å²) in [6.45, 7) is 5.59. The van der Waals surface area contributed by atoms with Crippen LogP contribution in [-0.2, 0) is 9.53 Å². The third-order valence-electron chi connectivity index (χ3n) is 3.79. The average molecular weight is 273 g/mol. The van der Waals surface area contributed by atoms with E-state index in [1.54, 1.807) is 0 Å². The molecule has 1 aromatic carbocycles. The molecule has 2 heterocycles. The Hall–Kier alpha value is -1.88. The Morgan fingerprint density at radius 3 is 2.70 bits per heavy atom. The van der Waals surface area contributed by atoms with Gasteiger partial charge in [0.15, 0.2) is 0 Å². The molecule has 0 saturated carbocycles. The second kappa shape index (κ2) is 5.63. The summed E-state index contributed by atoms with van der Waals surface area (Å²) in [6, 6.07) is 6.39. The largest absolute Gasteiger partial charge is 0.378 e. The van der Waals surface area contributed by atoms with Crippen molar-refractivity contribution in [2.24, 2.45) is 5.10 Å². The zero-order chi connectivity index (χ0) is 13.9. The number of hydrogen-bond acceptors (Lipinski definition) is 4. The van der Waals surface area contributed by atoms with Crippen molar-refractivity contribution in [3.05, 3.63) is 29.3 Å². The molecule has 0 bridgehead atoms. The maximum atomic E-state index is 11.1. The van der Waals surface area contributed by atoms with E-state index in [0.29, 0.717) is 12.8 Å². The van der Waals surface area contributed by atoms with Gasteiger partial charge in [-0.05, 0) is 30.2 Å². The number of nitrogens with one attached hydrogen (secondary N) is 1. The topological polar surface area (TPSA) is 53.9 Å². The number of aryl methyl sites for hydroxylation is 1. The number of ether oxygens (including phenoxy) is 1. The monoisotopic (exact) mass is 273 g/mol. The van der Waals surface area contributed by atoms with Gasteiger partial charge in [-0.1, -0.05) is 6.07 Å². The molecule has 5 nitrogen and oxygen atoms in total. The average Bonchev–Trinajstić information content (AvgIpc) is 2.49. The van der Waals surface area contributed by atoms with Crippen molar-refractivity contribution in [2.75, 3.05) is 31.2 Å². The molecule has 0 atom stereocenters. The molecule has 0 aliphatic carbocycles. The van der Waals surface area contributed by atoms with E-state index < -0.39 is 0 Å². The molecule has 20 heavy (non-hydrogen) atoms. The van der Waals surface area contributed by atoms with Gasteiger partial charge in [0.05, 0.1) is 18.9 Å². The van der Waals surface area contributed by atoms with E-state index in [1.165, 1.54) is 11.3 Å². The highest BCUT2D eigenvalue weighted by molar-refractivity contribution is 6.04. The summed E-state index contributed by atoms with van der Waals surface area (Å²) in [7, 11) is 0. The van der Waals surface area contributed by atoms with Gasteiger partial charge in [-0.3, -0.25) is 4.79 Å². The van der Waals surface area contributed by atoms with Crippen molar-refractivity contribution in [1.82, 2.24) is 5.43 Å². The number of nitrogens with zero attached hydrogens (tertiary/aromatic N) is 2. The fourth-order valence-electron chi connectivity index (χ4n) is 2.68. The second-order valence-corrected chi connectivity index (χ2v) is 5.19. The minimum absolute atomic E-state index is 0.00425. The first-order valence-corrected chi connectivity index (χ1v) is 7.03. The second-order valence-electron chi connectivity index (χ2n) is 5.19. The van der Waals surface area contributed by atoms with Gasteiger partial charge in [0.25, 0.3) is 0 Å². The van der Waals surface area contributed by atoms with Gasteiger partial charge < -0.3 is 9.64 Å². The Morgan fingerprint density at radius 2 is 2.05 bits per heavy atom. The number of morpholine rings is 1. The fraction of sp³-hybridized carbons (Fsp3) is 0.467. The Balaban J connectivity index is 1.82. The SMILES string of the molecule is Cc1cc(C2=NNC(=O)CC2)ccc1N1CCOCC1. The Labute approximate surface area is 118 Å². The van der Waals surface area contributed by atoms with Crippen LogP contribution in [0.5, 0.6) is 0 Å². The van der Waals surface area contributed by atoms with Crippen LogP contribution in [0.15, 0.2) is 23.3 Å². The summed E-state index contributed by atoms with van der Waals surface area (Å²) >= 11 is 0. The molecular formula is C15H19N3O2. The molecule has 2 aliphatic rings. The minimum atomic E-state index is -0.00425. The van der Waals surface area contributed by atoms with Crippen molar-refractivity contribution in [2.45, 2.75) is 19.8 Å². The van der Waals surface area contributed by atoms with Crippen LogP contribution in [0.2, 0.25) is 0 Å². The quantitative estimate of drug-likeness (QED) is 0.887. The van der Waals surface area contributed by atoms with Crippen molar-refractivity contribution < 1.29 is 9.53 Å². The highest BCUT2D eigenvalue weighted by Crippen LogP contribution is 2.23. The van der Waals surface area contributed by atoms with Crippen LogP contribution >= 0.6 is 0 Å². The molecule has 1 saturated heterocycles. The summed E-state index contributed by atoms with van der Waals surface area (Å²) in [5.41, 5.74) is 7.11. The van der Waals surface area contributed by atoms with Crippen molar-refractivity contribution in [3.8, 4) is 0 Å². The van der Waals surface area contributed by atoms with E-state index in [-0.39, 0.29) is 5.91 Å². The van der Waals surface area contributed by atoms with E-state index in [4.69, 9.17) is 4.74 Å². The molecular weight excluding hydrogens is 254 g/mol. The number of benzene rings is 1. The lowest BCUT2D eigenvalue weighted by Gasteiger charge is -2.30. The Kier molecular flexibility index (Phi) is 3.69. The molecule has 0 radical (unpaired) electrons. The van der Waals surface area contributed by atoms with Crippen LogP contribution in [0.1, 0.15) is 24.0 Å². The number of carbonyl (C=O) groups is 1. The van der Waals surface area contributed by atoms with Gasteiger partial charge in [-0.25, -0.2) is 5.43 Å². The molecule has 1 aromatic rings. The van der Waals surface area contributed by atoms with Crippen molar-refractivity contribution >= 4 is 17.3 Å². The lowest BCUT2D eigenvalue weighted by atomic mass is 10.0. The maximum Gasteiger partial charge on any atom is 0.240 e. The number of carbonyl (C=O) groups excluding carboxylic acids is 1. The molecule has 106 valence electrons. The molecule has 2 aliphatic heterocycles. The first-order valence-electron chi connectivity index (χ1n) is 7.03. The van der Waals surface area contributed by atoms with Crippen LogP contribution in [0, 0.1) is 6.92 Å². The maximum absolute atomic E-state index is 11.1. The molecule has 0 spiro atoms. The lowest BCUT2D eigenvalue weighted by Crippen LogP contribution is -2.36. The predicted molar refractivity (Wildman–Crippen MR) is 78.1 cm³/mol. The molecule has 1 fully saturated rings. The van der Waals surface area contributed by atoms with Gasteiger partial charge >= 0.3 is 0 Å². The standard InChI is InChI=1S/C15H19N3O2/c1-11-10-12(13-3-5-15(19)17-16-13)2-4-14(11)18-6-8-20-9-7-18/h2,4,10H,3,5-9H2,1H3,(H,17,19). The fourth-order valence-corrected chi connectivity index (χ4v) is 2.68. The van der Waals surface area contributed by atoms with E-state index in [9.17, 15) is 4.79 Å².